The Morgan fingerprint density at radius 3 is 2.53 bits per heavy atom. The molecule has 1 saturated carbocycles. The maximum Gasteiger partial charge on any atom is 0.268 e. The molecule has 0 aliphatic heterocycles. The van der Waals surface area contributed by atoms with E-state index in [-0.39, 0.29) is 5.91 Å². The highest BCUT2D eigenvalue weighted by Gasteiger charge is 2.34. The number of para-hydroxylation sites is 1. The van der Waals surface area contributed by atoms with Crippen LogP contribution in [0.25, 0.3) is 10.9 Å². The fourth-order valence-electron chi connectivity index (χ4n) is 3.86. The number of aromatic nitrogens is 2. The van der Waals surface area contributed by atoms with Crippen LogP contribution < -0.4 is 16.4 Å². The zero-order chi connectivity index (χ0) is 22.7. The first-order valence-corrected chi connectivity index (χ1v) is 10.8. The number of aromatic amines is 1. The molecule has 3 atom stereocenters. The number of carbonyl (C=O) groups is 3. The molecule has 1 aromatic carbocycles. The van der Waals surface area contributed by atoms with Crippen molar-refractivity contribution in [3.05, 3.63) is 66.1 Å². The van der Waals surface area contributed by atoms with Gasteiger partial charge in [-0.2, -0.15) is 0 Å². The van der Waals surface area contributed by atoms with Gasteiger partial charge in [-0.25, -0.2) is 0 Å². The summed E-state index contributed by atoms with van der Waals surface area (Å²) in [5, 5.41) is 6.51. The van der Waals surface area contributed by atoms with Crippen LogP contribution in [0.4, 0.5) is 0 Å². The Bertz CT molecular complexity index is 1090. The second-order valence-corrected chi connectivity index (χ2v) is 8.41. The van der Waals surface area contributed by atoms with Gasteiger partial charge in [-0.1, -0.05) is 44.0 Å². The number of hydrogen-bond acceptors (Lipinski definition) is 4. The Morgan fingerprint density at radius 1 is 1.12 bits per heavy atom. The van der Waals surface area contributed by atoms with Gasteiger partial charge in [-0.3, -0.25) is 19.4 Å². The molecule has 0 radical (unpaired) electrons. The van der Waals surface area contributed by atoms with Crippen molar-refractivity contribution in [1.82, 2.24) is 20.6 Å². The molecule has 1 fully saturated rings. The number of primary amides is 1. The third-order valence-electron chi connectivity index (χ3n) is 5.92. The molecule has 3 amide bonds. The van der Waals surface area contributed by atoms with E-state index in [0.717, 1.165) is 23.7 Å². The number of fused-ring (bicyclic) bond motifs is 1. The van der Waals surface area contributed by atoms with Crippen LogP contribution in [0.15, 0.2) is 54.7 Å². The summed E-state index contributed by atoms with van der Waals surface area (Å²) in [6.45, 7) is 1.79. The second kappa shape index (κ2) is 9.21. The summed E-state index contributed by atoms with van der Waals surface area (Å²) < 4.78 is 0. The zero-order valence-corrected chi connectivity index (χ0v) is 17.9. The smallest absolute Gasteiger partial charge is 0.268 e. The Balaban J connectivity index is 1.49. The number of H-pyrrole nitrogens is 1. The highest BCUT2D eigenvalue weighted by atomic mass is 16.2. The van der Waals surface area contributed by atoms with E-state index in [1.807, 2.05) is 30.3 Å². The van der Waals surface area contributed by atoms with Crippen LogP contribution in [0.3, 0.4) is 0 Å². The number of nitrogens with zero attached hydrogens (tertiary/aromatic N) is 1. The molecule has 8 nitrogen and oxygen atoms in total. The number of carbonyl (C=O) groups excluding carboxylic acids is 3. The van der Waals surface area contributed by atoms with E-state index in [9.17, 15) is 14.4 Å². The van der Waals surface area contributed by atoms with Gasteiger partial charge < -0.3 is 21.4 Å². The third-order valence-corrected chi connectivity index (χ3v) is 5.92. The Morgan fingerprint density at radius 2 is 1.88 bits per heavy atom. The van der Waals surface area contributed by atoms with Gasteiger partial charge in [-0.15, -0.1) is 0 Å². The van der Waals surface area contributed by atoms with Crippen molar-refractivity contribution in [2.75, 3.05) is 0 Å². The average Bonchev–Trinajstić information content (AvgIpc) is 3.51. The predicted octanol–water partition coefficient (Wildman–Crippen LogP) is 2.24. The van der Waals surface area contributed by atoms with Gasteiger partial charge in [0.05, 0.1) is 0 Å². The lowest BCUT2D eigenvalue weighted by Crippen LogP contribution is -2.54. The number of nitrogens with two attached hydrogens (primary N) is 1. The fraction of sp³-hybridized carbons (Fsp3) is 0.333. The minimum atomic E-state index is -0.941. The first-order valence-electron chi connectivity index (χ1n) is 10.8. The van der Waals surface area contributed by atoms with Crippen LogP contribution in [0, 0.1) is 5.92 Å². The molecule has 1 aliphatic rings. The van der Waals surface area contributed by atoms with E-state index in [0.29, 0.717) is 23.7 Å². The van der Waals surface area contributed by atoms with Crippen molar-refractivity contribution in [3.63, 3.8) is 0 Å². The molecule has 0 saturated heterocycles. The monoisotopic (exact) mass is 433 g/mol. The Kier molecular flexibility index (Phi) is 6.20. The van der Waals surface area contributed by atoms with Gasteiger partial charge in [0.15, 0.2) is 0 Å². The topological polar surface area (TPSA) is 130 Å². The number of nitrogens with one attached hydrogen (secondary N) is 3. The number of pyridine rings is 1. The minimum absolute atomic E-state index is 0.365. The standard InChI is InChI=1S/C24H27N5O3/c1-14(17-7-4-5-11-26-17)21(22(25)30)29-24(32)19(12-15-9-10-15)28-23(31)20-13-16-6-2-3-8-18(16)27-20/h2-8,11,13-15,19,21,27H,9-10,12H2,1H3,(H2,25,30)(H,28,31)(H,29,32)/t14-,19-,21-/m0/s1. The number of amides is 3. The van der Waals surface area contributed by atoms with E-state index >= 15 is 0 Å². The van der Waals surface area contributed by atoms with E-state index < -0.39 is 29.8 Å². The van der Waals surface area contributed by atoms with Crippen LogP contribution in [-0.4, -0.2) is 39.8 Å². The molecule has 0 bridgehead atoms. The van der Waals surface area contributed by atoms with Crippen molar-refractivity contribution in [2.24, 2.45) is 11.7 Å². The highest BCUT2D eigenvalue weighted by Crippen LogP contribution is 2.33. The van der Waals surface area contributed by atoms with E-state index in [4.69, 9.17) is 5.73 Å². The van der Waals surface area contributed by atoms with Crippen LogP contribution in [0.5, 0.6) is 0 Å². The number of benzene rings is 1. The minimum Gasteiger partial charge on any atom is -0.368 e. The zero-order valence-electron chi connectivity index (χ0n) is 17.9. The highest BCUT2D eigenvalue weighted by molar-refractivity contribution is 6.00. The average molecular weight is 434 g/mol. The number of hydrogen-bond donors (Lipinski definition) is 4. The Hall–Kier alpha value is -3.68. The van der Waals surface area contributed by atoms with Crippen molar-refractivity contribution in [3.8, 4) is 0 Å². The van der Waals surface area contributed by atoms with Crippen molar-refractivity contribution in [1.29, 1.82) is 0 Å². The lowest BCUT2D eigenvalue weighted by Gasteiger charge is -2.25. The molecule has 0 unspecified atom stereocenters. The normalized spacial score (nSPS) is 16.2. The van der Waals surface area contributed by atoms with Crippen LogP contribution in [0.2, 0.25) is 0 Å². The molecule has 1 aliphatic carbocycles. The van der Waals surface area contributed by atoms with Gasteiger partial charge in [0.25, 0.3) is 5.91 Å². The third kappa shape index (κ3) is 4.96. The molecule has 166 valence electrons. The molecule has 0 spiro atoms. The summed E-state index contributed by atoms with van der Waals surface area (Å²) in [7, 11) is 0. The van der Waals surface area contributed by atoms with Crippen LogP contribution in [0.1, 0.15) is 48.3 Å². The summed E-state index contributed by atoms with van der Waals surface area (Å²) in [5.41, 5.74) is 7.48. The molecule has 4 rings (SSSR count). The summed E-state index contributed by atoms with van der Waals surface area (Å²) in [6.07, 6.45) is 4.19. The lowest BCUT2D eigenvalue weighted by molar-refractivity contribution is -0.129. The quantitative estimate of drug-likeness (QED) is 0.412. The number of rotatable bonds is 9. The van der Waals surface area contributed by atoms with Gasteiger partial charge in [0.1, 0.15) is 17.8 Å². The largest absolute Gasteiger partial charge is 0.368 e. The van der Waals surface area contributed by atoms with Gasteiger partial charge >= 0.3 is 0 Å². The summed E-state index contributed by atoms with van der Waals surface area (Å²) in [4.78, 5) is 45.5. The maximum atomic E-state index is 13.1. The lowest BCUT2D eigenvalue weighted by atomic mass is 9.96. The van der Waals surface area contributed by atoms with Crippen molar-refractivity contribution >= 4 is 28.6 Å². The second-order valence-electron chi connectivity index (χ2n) is 8.41. The van der Waals surface area contributed by atoms with E-state index in [1.54, 1.807) is 31.3 Å². The van der Waals surface area contributed by atoms with Crippen molar-refractivity contribution in [2.45, 2.75) is 44.2 Å². The molecular formula is C24H27N5O3. The Labute approximate surface area is 186 Å². The summed E-state index contributed by atoms with van der Waals surface area (Å²) in [6, 6.07) is 13.0. The molecular weight excluding hydrogens is 406 g/mol. The van der Waals surface area contributed by atoms with Gasteiger partial charge in [-0.05, 0) is 36.6 Å². The molecule has 32 heavy (non-hydrogen) atoms. The van der Waals surface area contributed by atoms with Crippen LogP contribution in [-0.2, 0) is 9.59 Å². The SMILES string of the molecule is C[C@@H](c1ccccn1)[C@H](NC(=O)[C@H](CC1CC1)NC(=O)c1cc2ccccc2[nH]1)C(N)=O. The molecule has 2 aromatic heterocycles. The van der Waals surface area contributed by atoms with Crippen molar-refractivity contribution < 1.29 is 14.4 Å². The van der Waals surface area contributed by atoms with Gasteiger partial charge in [0, 0.05) is 28.7 Å². The summed E-state index contributed by atoms with van der Waals surface area (Å²) in [5.74, 6) is -1.47. The molecule has 5 N–H and O–H groups in total. The summed E-state index contributed by atoms with van der Waals surface area (Å²) >= 11 is 0. The van der Waals surface area contributed by atoms with Gasteiger partial charge in [0.2, 0.25) is 11.8 Å². The fourth-order valence-corrected chi connectivity index (χ4v) is 3.86. The van der Waals surface area contributed by atoms with Crippen LogP contribution >= 0.6 is 0 Å². The molecule has 8 heteroatoms. The molecule has 3 aromatic rings. The molecule has 2 heterocycles. The maximum absolute atomic E-state index is 13.1. The van der Waals surface area contributed by atoms with E-state index in [2.05, 4.69) is 20.6 Å². The van der Waals surface area contributed by atoms with E-state index in [1.165, 1.54) is 0 Å². The first kappa shape index (κ1) is 21.5. The predicted molar refractivity (Wildman–Crippen MR) is 121 cm³/mol. The first-order chi connectivity index (χ1) is 15.4.